The number of nitrogens with zero attached hydrogens (tertiary/aromatic N) is 1. The van der Waals surface area contributed by atoms with Crippen molar-refractivity contribution in [1.29, 1.82) is 0 Å². The summed E-state index contributed by atoms with van der Waals surface area (Å²) >= 11 is 1.72. The van der Waals surface area contributed by atoms with Crippen LogP contribution in [0.2, 0.25) is 0 Å². The minimum Gasteiger partial charge on any atom is -0.338 e. The lowest BCUT2D eigenvalue weighted by Crippen LogP contribution is -2.45. The molecule has 5 heteroatoms. The van der Waals surface area contributed by atoms with E-state index in [4.69, 9.17) is 0 Å². The van der Waals surface area contributed by atoms with E-state index in [1.54, 1.807) is 11.3 Å². The first-order chi connectivity index (χ1) is 12.1. The lowest BCUT2D eigenvalue weighted by Gasteiger charge is -2.26. The summed E-state index contributed by atoms with van der Waals surface area (Å²) in [5.41, 5.74) is 4.11. The van der Waals surface area contributed by atoms with Crippen LogP contribution in [0.1, 0.15) is 35.6 Å². The van der Waals surface area contributed by atoms with Crippen molar-refractivity contribution < 1.29 is 4.79 Å². The predicted octanol–water partition coefficient (Wildman–Crippen LogP) is 3.60. The number of carbonyl (C=O) groups excluding carboxylic acids is 1. The minimum atomic E-state index is -0.0489. The Balaban J connectivity index is 1.44. The molecule has 0 fully saturated rings. The SMILES string of the molecule is CN(C)C(CCNC(=O)N[C@H]1CCc2ccccc2C1)c1ccsc1. The highest BCUT2D eigenvalue weighted by molar-refractivity contribution is 7.07. The topological polar surface area (TPSA) is 44.4 Å². The Morgan fingerprint density at radius 1 is 1.28 bits per heavy atom. The van der Waals surface area contributed by atoms with Gasteiger partial charge in [0.15, 0.2) is 0 Å². The van der Waals surface area contributed by atoms with Gasteiger partial charge in [-0.15, -0.1) is 0 Å². The molecule has 1 heterocycles. The standard InChI is InChI=1S/C20H27N3OS/c1-23(2)19(17-10-12-25-14-17)9-11-21-20(24)22-18-8-7-15-5-3-4-6-16(15)13-18/h3-6,10,12,14,18-19H,7-9,11,13H2,1-2H3,(H2,21,22,24)/t18-,19?/m0/s1. The van der Waals surface area contributed by atoms with Crippen LogP contribution in [0.25, 0.3) is 0 Å². The van der Waals surface area contributed by atoms with Crippen molar-refractivity contribution in [3.8, 4) is 0 Å². The second kappa shape index (κ2) is 8.50. The monoisotopic (exact) mass is 357 g/mol. The van der Waals surface area contributed by atoms with E-state index >= 15 is 0 Å². The molecule has 0 saturated heterocycles. The van der Waals surface area contributed by atoms with Gasteiger partial charge in [0.05, 0.1) is 0 Å². The molecular weight excluding hydrogens is 330 g/mol. The summed E-state index contributed by atoms with van der Waals surface area (Å²) in [6, 6.07) is 11.2. The minimum absolute atomic E-state index is 0.0489. The van der Waals surface area contributed by atoms with Crippen LogP contribution in [0.3, 0.4) is 0 Å². The third-order valence-corrected chi connectivity index (χ3v) is 5.64. The van der Waals surface area contributed by atoms with Gasteiger partial charge in [0, 0.05) is 18.6 Å². The summed E-state index contributed by atoms with van der Waals surface area (Å²) in [6.07, 6.45) is 3.89. The van der Waals surface area contributed by atoms with Crippen molar-refractivity contribution in [3.63, 3.8) is 0 Å². The van der Waals surface area contributed by atoms with Crippen molar-refractivity contribution in [2.75, 3.05) is 20.6 Å². The highest BCUT2D eigenvalue weighted by Gasteiger charge is 2.20. The van der Waals surface area contributed by atoms with Gasteiger partial charge < -0.3 is 15.5 Å². The van der Waals surface area contributed by atoms with Gasteiger partial charge in [0.2, 0.25) is 0 Å². The summed E-state index contributed by atoms with van der Waals surface area (Å²) < 4.78 is 0. The number of carbonyl (C=O) groups is 1. The Morgan fingerprint density at radius 2 is 2.08 bits per heavy atom. The molecule has 0 aliphatic heterocycles. The molecule has 4 nitrogen and oxygen atoms in total. The molecule has 134 valence electrons. The zero-order valence-electron chi connectivity index (χ0n) is 15.0. The Labute approximate surface area is 154 Å². The van der Waals surface area contributed by atoms with Crippen molar-refractivity contribution >= 4 is 17.4 Å². The second-order valence-electron chi connectivity index (χ2n) is 6.93. The van der Waals surface area contributed by atoms with E-state index in [0.717, 1.165) is 25.7 Å². The van der Waals surface area contributed by atoms with E-state index < -0.39 is 0 Å². The van der Waals surface area contributed by atoms with E-state index in [1.807, 2.05) is 0 Å². The van der Waals surface area contributed by atoms with Gasteiger partial charge in [-0.2, -0.15) is 11.3 Å². The van der Waals surface area contributed by atoms with Gasteiger partial charge in [-0.1, -0.05) is 24.3 Å². The van der Waals surface area contributed by atoms with Crippen LogP contribution in [0.15, 0.2) is 41.1 Å². The Kier molecular flexibility index (Phi) is 6.10. The van der Waals surface area contributed by atoms with Gasteiger partial charge in [-0.05, 0) is 73.3 Å². The van der Waals surface area contributed by atoms with Crippen LogP contribution in [0.5, 0.6) is 0 Å². The fraction of sp³-hybridized carbons (Fsp3) is 0.450. The highest BCUT2D eigenvalue weighted by Crippen LogP contribution is 2.24. The summed E-state index contributed by atoms with van der Waals surface area (Å²) in [7, 11) is 4.17. The van der Waals surface area contributed by atoms with Crippen molar-refractivity contribution in [3.05, 3.63) is 57.8 Å². The number of hydrogen-bond acceptors (Lipinski definition) is 3. The Hall–Kier alpha value is -1.85. The number of benzene rings is 1. The molecule has 1 aromatic carbocycles. The van der Waals surface area contributed by atoms with Crippen LogP contribution in [-0.2, 0) is 12.8 Å². The molecule has 1 aromatic heterocycles. The lowest BCUT2D eigenvalue weighted by atomic mass is 9.88. The fourth-order valence-corrected chi connectivity index (χ4v) is 4.27. The Morgan fingerprint density at radius 3 is 2.80 bits per heavy atom. The van der Waals surface area contributed by atoms with Crippen molar-refractivity contribution in [2.24, 2.45) is 0 Å². The number of fused-ring (bicyclic) bond motifs is 1. The molecule has 25 heavy (non-hydrogen) atoms. The van der Waals surface area contributed by atoms with Crippen molar-refractivity contribution in [1.82, 2.24) is 15.5 Å². The first-order valence-corrected chi connectivity index (χ1v) is 9.87. The van der Waals surface area contributed by atoms with Crippen LogP contribution >= 0.6 is 11.3 Å². The molecule has 2 amide bonds. The van der Waals surface area contributed by atoms with Crippen LogP contribution in [-0.4, -0.2) is 37.6 Å². The third-order valence-electron chi connectivity index (χ3n) is 4.94. The molecule has 2 atom stereocenters. The summed E-state index contributed by atoms with van der Waals surface area (Å²) in [6.45, 7) is 0.674. The van der Waals surface area contributed by atoms with E-state index in [-0.39, 0.29) is 12.1 Å². The quantitative estimate of drug-likeness (QED) is 0.830. The predicted molar refractivity (Wildman–Crippen MR) is 104 cm³/mol. The highest BCUT2D eigenvalue weighted by atomic mass is 32.1. The molecule has 0 bridgehead atoms. The average molecular weight is 358 g/mol. The number of hydrogen-bond donors (Lipinski definition) is 2. The number of aryl methyl sites for hydroxylation is 1. The lowest BCUT2D eigenvalue weighted by molar-refractivity contribution is 0.232. The van der Waals surface area contributed by atoms with Gasteiger partial charge in [0.25, 0.3) is 0 Å². The van der Waals surface area contributed by atoms with E-state index in [9.17, 15) is 4.79 Å². The van der Waals surface area contributed by atoms with Crippen LogP contribution in [0.4, 0.5) is 4.79 Å². The van der Waals surface area contributed by atoms with Gasteiger partial charge in [0.1, 0.15) is 0 Å². The van der Waals surface area contributed by atoms with Gasteiger partial charge >= 0.3 is 6.03 Å². The number of urea groups is 1. The van der Waals surface area contributed by atoms with Gasteiger partial charge in [-0.3, -0.25) is 0 Å². The van der Waals surface area contributed by atoms with E-state index in [1.165, 1.54) is 16.7 Å². The molecule has 1 aliphatic carbocycles. The van der Waals surface area contributed by atoms with Crippen molar-refractivity contribution in [2.45, 2.75) is 37.8 Å². The van der Waals surface area contributed by atoms with E-state index in [0.29, 0.717) is 12.6 Å². The summed E-state index contributed by atoms with van der Waals surface area (Å²) in [5, 5.41) is 10.5. The fourth-order valence-electron chi connectivity index (χ4n) is 3.57. The number of nitrogens with one attached hydrogen (secondary N) is 2. The van der Waals surface area contributed by atoms with Crippen LogP contribution in [0, 0.1) is 0 Å². The molecule has 1 unspecified atom stereocenters. The Bertz CT molecular complexity index is 684. The molecule has 3 rings (SSSR count). The zero-order chi connectivity index (χ0) is 17.6. The van der Waals surface area contributed by atoms with Gasteiger partial charge in [-0.25, -0.2) is 4.79 Å². The largest absolute Gasteiger partial charge is 0.338 e. The molecule has 0 saturated carbocycles. The number of rotatable bonds is 6. The first-order valence-electron chi connectivity index (χ1n) is 8.93. The van der Waals surface area contributed by atoms with E-state index in [2.05, 4.69) is 70.7 Å². The maximum atomic E-state index is 12.2. The molecule has 2 N–H and O–H groups in total. The molecule has 2 aromatic rings. The third kappa shape index (κ3) is 4.83. The van der Waals surface area contributed by atoms with Crippen LogP contribution < -0.4 is 10.6 Å². The molecule has 0 radical (unpaired) electrons. The second-order valence-corrected chi connectivity index (χ2v) is 7.71. The first kappa shape index (κ1) is 18.0. The summed E-state index contributed by atoms with van der Waals surface area (Å²) in [5.74, 6) is 0. The zero-order valence-corrected chi connectivity index (χ0v) is 15.8. The number of amides is 2. The molecular formula is C20H27N3OS. The normalized spacial score (nSPS) is 17.8. The smallest absolute Gasteiger partial charge is 0.315 e. The maximum absolute atomic E-state index is 12.2. The molecule has 1 aliphatic rings. The molecule has 0 spiro atoms. The maximum Gasteiger partial charge on any atom is 0.315 e. The summed E-state index contributed by atoms with van der Waals surface area (Å²) in [4.78, 5) is 14.4. The number of thiophene rings is 1. The average Bonchev–Trinajstić information content (AvgIpc) is 3.12.